The molecule has 2 saturated heterocycles. The van der Waals surface area contributed by atoms with Crippen LogP contribution in [0.15, 0.2) is 24.7 Å². The molecule has 0 saturated carbocycles. The van der Waals surface area contributed by atoms with Crippen molar-refractivity contribution in [1.29, 1.82) is 0 Å². The molecule has 10 heteroatoms. The second kappa shape index (κ2) is 7.90. The van der Waals surface area contributed by atoms with E-state index in [2.05, 4.69) is 31.2 Å². The van der Waals surface area contributed by atoms with E-state index < -0.39 is 0 Å². The zero-order valence-electron chi connectivity index (χ0n) is 16.3. The molecule has 0 spiro atoms. The number of rotatable bonds is 4. The summed E-state index contributed by atoms with van der Waals surface area (Å²) in [6.07, 6.45) is 5.34. The maximum Gasteiger partial charge on any atom is 0.219 e. The van der Waals surface area contributed by atoms with Crippen LogP contribution in [-0.4, -0.2) is 81.9 Å². The Kier molecular flexibility index (Phi) is 4.96. The van der Waals surface area contributed by atoms with Gasteiger partial charge in [-0.2, -0.15) is 5.10 Å². The average Bonchev–Trinajstić information content (AvgIpc) is 3.17. The number of ether oxygens (including phenoxy) is 1. The fourth-order valence-corrected chi connectivity index (χ4v) is 3.82. The largest absolute Gasteiger partial charge is 0.378 e. The first-order chi connectivity index (χ1) is 14.3. The van der Waals surface area contributed by atoms with Gasteiger partial charge in [-0.25, -0.2) is 19.5 Å². The molecule has 10 nitrogen and oxygen atoms in total. The van der Waals surface area contributed by atoms with Crippen molar-refractivity contribution in [2.45, 2.75) is 6.54 Å². The molecule has 2 aliphatic rings. The average molecular weight is 395 g/mol. The predicted molar refractivity (Wildman–Crippen MR) is 110 cm³/mol. The summed E-state index contributed by atoms with van der Waals surface area (Å²) in [6.45, 7) is 7.98. The van der Waals surface area contributed by atoms with Crippen molar-refractivity contribution in [2.24, 2.45) is 0 Å². The minimum Gasteiger partial charge on any atom is -0.378 e. The molecule has 0 atom stereocenters. The molecule has 0 bridgehead atoms. The molecule has 5 rings (SSSR count). The van der Waals surface area contributed by atoms with Crippen molar-refractivity contribution >= 4 is 17.3 Å². The molecule has 3 aromatic heterocycles. The number of nitrogens with two attached hydrogens (primary N) is 1. The lowest BCUT2D eigenvalue weighted by Crippen LogP contribution is -2.42. The van der Waals surface area contributed by atoms with E-state index in [1.165, 1.54) is 0 Å². The highest BCUT2D eigenvalue weighted by Gasteiger charge is 2.20. The van der Waals surface area contributed by atoms with Gasteiger partial charge in [-0.1, -0.05) is 0 Å². The van der Waals surface area contributed by atoms with Crippen molar-refractivity contribution < 1.29 is 4.74 Å². The molecule has 3 aromatic rings. The maximum absolute atomic E-state index is 5.64. The van der Waals surface area contributed by atoms with Crippen LogP contribution in [0, 0.1) is 0 Å². The van der Waals surface area contributed by atoms with Crippen molar-refractivity contribution in [2.75, 3.05) is 63.1 Å². The van der Waals surface area contributed by atoms with Gasteiger partial charge in [0.1, 0.15) is 5.52 Å². The van der Waals surface area contributed by atoms with E-state index in [4.69, 9.17) is 20.6 Å². The maximum atomic E-state index is 5.64. The summed E-state index contributed by atoms with van der Waals surface area (Å²) in [5.74, 6) is 1.17. The number of fused-ring (bicyclic) bond motifs is 1. The number of nitrogen functional groups attached to an aromatic ring is 1. The van der Waals surface area contributed by atoms with E-state index in [-0.39, 0.29) is 5.95 Å². The lowest BCUT2D eigenvalue weighted by molar-refractivity contribution is 0.122. The summed E-state index contributed by atoms with van der Waals surface area (Å²) in [6, 6.07) is 2.16. The Morgan fingerprint density at radius 3 is 2.59 bits per heavy atom. The Bertz CT molecular complexity index is 975. The van der Waals surface area contributed by atoms with Crippen molar-refractivity contribution in [3.05, 3.63) is 30.4 Å². The molecule has 2 aliphatic heterocycles. The SMILES string of the molecule is Nc1ncc(-c2cn3nc(CN4CCNCC4)cc3c(N3CCOCC3)n2)cn1. The number of hydrogen-bond acceptors (Lipinski definition) is 9. The summed E-state index contributed by atoms with van der Waals surface area (Å²) in [5, 5.41) is 8.25. The zero-order chi connectivity index (χ0) is 19.6. The molecule has 0 aromatic carbocycles. The zero-order valence-corrected chi connectivity index (χ0v) is 16.3. The van der Waals surface area contributed by atoms with E-state index >= 15 is 0 Å². The van der Waals surface area contributed by atoms with Gasteiger partial charge in [0.05, 0.1) is 30.8 Å². The van der Waals surface area contributed by atoms with Gasteiger partial charge in [-0.05, 0) is 6.07 Å². The van der Waals surface area contributed by atoms with Crippen LogP contribution in [0.2, 0.25) is 0 Å². The Balaban J connectivity index is 1.54. The van der Waals surface area contributed by atoms with Gasteiger partial charge < -0.3 is 20.7 Å². The summed E-state index contributed by atoms with van der Waals surface area (Å²) < 4.78 is 7.46. The Morgan fingerprint density at radius 1 is 1.07 bits per heavy atom. The van der Waals surface area contributed by atoms with Crippen LogP contribution < -0.4 is 16.0 Å². The highest BCUT2D eigenvalue weighted by molar-refractivity contribution is 5.73. The third-order valence-electron chi connectivity index (χ3n) is 5.36. The molecule has 29 heavy (non-hydrogen) atoms. The molecule has 3 N–H and O–H groups in total. The molecule has 2 fully saturated rings. The van der Waals surface area contributed by atoms with E-state index in [0.29, 0.717) is 13.2 Å². The Hall–Kier alpha value is -2.82. The highest BCUT2D eigenvalue weighted by atomic mass is 16.5. The van der Waals surface area contributed by atoms with Crippen LogP contribution >= 0.6 is 0 Å². The number of anilines is 2. The molecular formula is C19H25N9O. The van der Waals surface area contributed by atoms with Gasteiger partial charge in [0.2, 0.25) is 5.95 Å². The summed E-state index contributed by atoms with van der Waals surface area (Å²) in [7, 11) is 0. The number of nitrogens with zero attached hydrogens (tertiary/aromatic N) is 7. The normalized spacial score (nSPS) is 18.4. The van der Waals surface area contributed by atoms with Gasteiger partial charge >= 0.3 is 0 Å². The number of piperazine rings is 1. The van der Waals surface area contributed by atoms with Gasteiger partial charge in [-0.3, -0.25) is 4.90 Å². The van der Waals surface area contributed by atoms with Gasteiger partial charge in [0, 0.05) is 63.8 Å². The fourth-order valence-electron chi connectivity index (χ4n) is 3.82. The fraction of sp³-hybridized carbons (Fsp3) is 0.474. The lowest BCUT2D eigenvalue weighted by atomic mass is 10.2. The molecule has 0 aliphatic carbocycles. The molecule has 5 heterocycles. The first-order valence-electron chi connectivity index (χ1n) is 9.99. The second-order valence-electron chi connectivity index (χ2n) is 7.37. The Morgan fingerprint density at radius 2 is 1.83 bits per heavy atom. The van der Waals surface area contributed by atoms with Gasteiger partial charge in [0.15, 0.2) is 5.82 Å². The van der Waals surface area contributed by atoms with E-state index in [1.807, 2.05) is 10.7 Å². The molecule has 0 radical (unpaired) electrons. The van der Waals surface area contributed by atoms with Crippen LogP contribution in [0.4, 0.5) is 11.8 Å². The summed E-state index contributed by atoms with van der Waals surface area (Å²) >= 11 is 0. The van der Waals surface area contributed by atoms with Crippen LogP contribution in [0.5, 0.6) is 0 Å². The quantitative estimate of drug-likeness (QED) is 0.631. The van der Waals surface area contributed by atoms with Crippen molar-refractivity contribution in [3.8, 4) is 11.3 Å². The van der Waals surface area contributed by atoms with Crippen LogP contribution in [0.3, 0.4) is 0 Å². The second-order valence-corrected chi connectivity index (χ2v) is 7.37. The van der Waals surface area contributed by atoms with Crippen molar-refractivity contribution in [3.63, 3.8) is 0 Å². The monoisotopic (exact) mass is 395 g/mol. The summed E-state index contributed by atoms with van der Waals surface area (Å²) in [5.41, 5.74) is 9.29. The highest BCUT2D eigenvalue weighted by Crippen LogP contribution is 2.26. The number of morpholine rings is 1. The molecule has 0 unspecified atom stereocenters. The lowest BCUT2D eigenvalue weighted by Gasteiger charge is -2.28. The third-order valence-corrected chi connectivity index (χ3v) is 5.36. The Labute approximate surface area is 168 Å². The number of nitrogens with one attached hydrogen (secondary N) is 1. The van der Waals surface area contributed by atoms with Gasteiger partial charge in [-0.15, -0.1) is 0 Å². The van der Waals surface area contributed by atoms with Gasteiger partial charge in [0.25, 0.3) is 0 Å². The first kappa shape index (κ1) is 18.2. The molecule has 152 valence electrons. The number of hydrogen-bond donors (Lipinski definition) is 2. The minimum absolute atomic E-state index is 0.251. The number of aromatic nitrogens is 5. The topological polar surface area (TPSA) is 110 Å². The van der Waals surface area contributed by atoms with E-state index in [9.17, 15) is 0 Å². The van der Waals surface area contributed by atoms with E-state index in [0.717, 1.165) is 74.1 Å². The molecule has 0 amide bonds. The summed E-state index contributed by atoms with van der Waals surface area (Å²) in [4.78, 5) is 17.9. The smallest absolute Gasteiger partial charge is 0.219 e. The van der Waals surface area contributed by atoms with Crippen LogP contribution in [0.25, 0.3) is 16.8 Å². The standard InChI is InChI=1S/C19H25N9O/c20-19-22-10-14(11-23-19)16-13-28-17(18(24-16)27-5-7-29-8-6-27)9-15(25-28)12-26-3-1-21-2-4-26/h9-11,13,21H,1-8,12H2,(H2,20,22,23). The first-order valence-corrected chi connectivity index (χ1v) is 9.99. The van der Waals surface area contributed by atoms with Crippen molar-refractivity contribution in [1.82, 2.24) is 34.8 Å². The predicted octanol–water partition coefficient (Wildman–Crippen LogP) is 0.0103. The van der Waals surface area contributed by atoms with Crippen LogP contribution in [0.1, 0.15) is 5.69 Å². The molecular weight excluding hydrogens is 370 g/mol. The third kappa shape index (κ3) is 3.86. The van der Waals surface area contributed by atoms with Crippen LogP contribution in [-0.2, 0) is 11.3 Å². The van der Waals surface area contributed by atoms with E-state index in [1.54, 1.807) is 12.4 Å². The minimum atomic E-state index is 0.251.